The standard InChI is InChI=1S/C21H26N4O3/c1-14-6-5-7-15-12-16(19(26)23-18(14)15)17(13-22)24-8-10-25(11-9-24)20(27)28-21(2,3)4/h5-7,12,17H,8-11H2,1-4H3,(H,23,26). The fraction of sp³-hybridized carbons (Fsp3) is 0.476. The molecule has 1 amide bonds. The van der Waals surface area contributed by atoms with Crippen LogP contribution in [0.4, 0.5) is 4.79 Å². The number of carbonyl (C=O) groups is 1. The second-order valence-electron chi connectivity index (χ2n) is 8.13. The number of rotatable bonds is 2. The molecular weight excluding hydrogens is 356 g/mol. The predicted octanol–water partition coefficient (Wildman–Crippen LogP) is 2.95. The molecule has 0 saturated carbocycles. The van der Waals surface area contributed by atoms with Crippen molar-refractivity contribution >= 4 is 17.0 Å². The lowest BCUT2D eigenvalue weighted by Crippen LogP contribution is -2.51. The average molecular weight is 382 g/mol. The third-order valence-electron chi connectivity index (χ3n) is 4.86. The van der Waals surface area contributed by atoms with Gasteiger partial charge in [0.25, 0.3) is 5.56 Å². The molecule has 7 heteroatoms. The van der Waals surface area contributed by atoms with Gasteiger partial charge in [-0.3, -0.25) is 9.69 Å². The van der Waals surface area contributed by atoms with Gasteiger partial charge in [0.2, 0.25) is 0 Å². The smallest absolute Gasteiger partial charge is 0.410 e. The molecule has 1 saturated heterocycles. The molecule has 2 heterocycles. The minimum atomic E-state index is -0.658. The van der Waals surface area contributed by atoms with Gasteiger partial charge in [-0.25, -0.2) is 4.79 Å². The van der Waals surface area contributed by atoms with Crippen LogP contribution in [-0.4, -0.2) is 52.7 Å². The molecule has 7 nitrogen and oxygen atoms in total. The quantitative estimate of drug-likeness (QED) is 0.862. The number of nitrogens with zero attached hydrogens (tertiary/aromatic N) is 3. The van der Waals surface area contributed by atoms with Crippen molar-refractivity contribution in [2.24, 2.45) is 0 Å². The zero-order valence-electron chi connectivity index (χ0n) is 16.8. The number of nitrogens with one attached hydrogen (secondary N) is 1. The second kappa shape index (κ2) is 7.64. The number of piperazine rings is 1. The summed E-state index contributed by atoms with van der Waals surface area (Å²) in [6.07, 6.45) is -0.348. The Bertz CT molecular complexity index is 976. The summed E-state index contributed by atoms with van der Waals surface area (Å²) in [4.78, 5) is 31.4. The summed E-state index contributed by atoms with van der Waals surface area (Å²) in [5.74, 6) is 0. The number of fused-ring (bicyclic) bond motifs is 1. The summed E-state index contributed by atoms with van der Waals surface area (Å²) < 4.78 is 5.41. The Morgan fingerprint density at radius 1 is 1.25 bits per heavy atom. The van der Waals surface area contributed by atoms with Crippen LogP contribution in [0.2, 0.25) is 0 Å². The van der Waals surface area contributed by atoms with Gasteiger partial charge in [-0.15, -0.1) is 0 Å². The van der Waals surface area contributed by atoms with Crippen LogP contribution in [0.1, 0.15) is 37.9 Å². The highest BCUT2D eigenvalue weighted by Crippen LogP contribution is 2.23. The van der Waals surface area contributed by atoms with Crippen LogP contribution >= 0.6 is 0 Å². The maximum absolute atomic E-state index is 12.6. The number of ether oxygens (including phenoxy) is 1. The number of aromatic amines is 1. The van der Waals surface area contributed by atoms with E-state index in [2.05, 4.69) is 11.1 Å². The highest BCUT2D eigenvalue weighted by molar-refractivity contribution is 5.82. The average Bonchev–Trinajstić information content (AvgIpc) is 2.63. The van der Waals surface area contributed by atoms with Gasteiger partial charge in [0, 0.05) is 31.7 Å². The third kappa shape index (κ3) is 4.18. The third-order valence-corrected chi connectivity index (χ3v) is 4.86. The van der Waals surface area contributed by atoms with E-state index in [0.717, 1.165) is 16.5 Å². The number of amides is 1. The van der Waals surface area contributed by atoms with E-state index in [-0.39, 0.29) is 11.7 Å². The minimum Gasteiger partial charge on any atom is -0.444 e. The summed E-state index contributed by atoms with van der Waals surface area (Å²) in [5, 5.41) is 10.7. The molecule has 1 aliphatic rings. The molecule has 2 aromatic rings. The number of hydrogen-bond acceptors (Lipinski definition) is 5. The van der Waals surface area contributed by atoms with Crippen LogP contribution in [0.3, 0.4) is 0 Å². The number of para-hydroxylation sites is 1. The highest BCUT2D eigenvalue weighted by Gasteiger charge is 2.30. The Balaban J connectivity index is 1.78. The van der Waals surface area contributed by atoms with Gasteiger partial charge in [-0.05, 0) is 44.7 Å². The summed E-state index contributed by atoms with van der Waals surface area (Å²) in [7, 11) is 0. The summed E-state index contributed by atoms with van der Waals surface area (Å²) in [6.45, 7) is 9.36. The molecule has 1 fully saturated rings. The van der Waals surface area contributed by atoms with Crippen molar-refractivity contribution in [3.63, 3.8) is 0 Å². The predicted molar refractivity (Wildman–Crippen MR) is 107 cm³/mol. The van der Waals surface area contributed by atoms with E-state index in [1.807, 2.05) is 50.8 Å². The summed E-state index contributed by atoms with van der Waals surface area (Å²) in [6, 6.07) is 9.20. The number of nitriles is 1. The van der Waals surface area contributed by atoms with Gasteiger partial charge < -0.3 is 14.6 Å². The van der Waals surface area contributed by atoms with Crippen molar-refractivity contribution in [1.82, 2.24) is 14.8 Å². The van der Waals surface area contributed by atoms with Crippen molar-refractivity contribution in [3.05, 3.63) is 45.7 Å². The molecule has 0 spiro atoms. The van der Waals surface area contributed by atoms with E-state index >= 15 is 0 Å². The normalized spacial score (nSPS) is 16.6. The fourth-order valence-corrected chi connectivity index (χ4v) is 3.44. The van der Waals surface area contributed by atoms with Crippen molar-refractivity contribution in [1.29, 1.82) is 5.26 Å². The van der Waals surface area contributed by atoms with E-state index in [1.165, 1.54) is 0 Å². The molecule has 148 valence electrons. The molecule has 1 aliphatic heterocycles. The van der Waals surface area contributed by atoms with Gasteiger partial charge in [0.05, 0.1) is 11.6 Å². The largest absolute Gasteiger partial charge is 0.444 e. The van der Waals surface area contributed by atoms with Crippen molar-refractivity contribution < 1.29 is 9.53 Å². The monoisotopic (exact) mass is 382 g/mol. The van der Waals surface area contributed by atoms with Crippen molar-refractivity contribution in [3.8, 4) is 6.07 Å². The molecule has 3 rings (SSSR count). The maximum atomic E-state index is 12.6. The molecule has 1 N–H and O–H groups in total. The Labute approximate surface area is 164 Å². The van der Waals surface area contributed by atoms with Crippen LogP contribution in [0.5, 0.6) is 0 Å². The van der Waals surface area contributed by atoms with Gasteiger partial charge in [-0.1, -0.05) is 18.2 Å². The first-order valence-corrected chi connectivity index (χ1v) is 9.44. The number of aromatic nitrogens is 1. The molecule has 0 radical (unpaired) electrons. The maximum Gasteiger partial charge on any atom is 0.410 e. The second-order valence-corrected chi connectivity index (χ2v) is 8.13. The first-order valence-electron chi connectivity index (χ1n) is 9.44. The number of aryl methyl sites for hydroxylation is 1. The molecule has 1 atom stereocenters. The molecular formula is C21H26N4O3. The first-order chi connectivity index (χ1) is 13.2. The molecule has 28 heavy (non-hydrogen) atoms. The number of H-pyrrole nitrogens is 1. The Morgan fingerprint density at radius 3 is 2.54 bits per heavy atom. The SMILES string of the molecule is Cc1cccc2cc(C(C#N)N3CCN(C(=O)OC(C)(C)C)CC3)c(=O)[nH]c12. The van der Waals surface area contributed by atoms with E-state index in [9.17, 15) is 14.9 Å². The molecule has 0 bridgehead atoms. The van der Waals surface area contributed by atoms with Crippen LogP contribution in [-0.2, 0) is 4.74 Å². The zero-order valence-corrected chi connectivity index (χ0v) is 16.8. The van der Waals surface area contributed by atoms with Gasteiger partial charge in [-0.2, -0.15) is 5.26 Å². The number of benzene rings is 1. The number of hydrogen-bond donors (Lipinski definition) is 1. The van der Waals surface area contributed by atoms with Crippen LogP contribution in [0, 0.1) is 18.3 Å². The van der Waals surface area contributed by atoms with Gasteiger partial charge >= 0.3 is 6.09 Å². The minimum absolute atomic E-state index is 0.247. The van der Waals surface area contributed by atoms with Gasteiger partial charge in [0.1, 0.15) is 11.6 Å². The van der Waals surface area contributed by atoms with Crippen LogP contribution < -0.4 is 5.56 Å². The first kappa shape index (κ1) is 19.9. The topological polar surface area (TPSA) is 89.4 Å². The van der Waals surface area contributed by atoms with Crippen molar-refractivity contribution in [2.75, 3.05) is 26.2 Å². The molecule has 1 aromatic heterocycles. The fourth-order valence-electron chi connectivity index (χ4n) is 3.44. The Hall–Kier alpha value is -2.85. The molecule has 0 aliphatic carbocycles. The van der Waals surface area contributed by atoms with E-state index in [4.69, 9.17) is 4.74 Å². The number of pyridine rings is 1. The lowest BCUT2D eigenvalue weighted by Gasteiger charge is -2.37. The summed E-state index contributed by atoms with van der Waals surface area (Å²) in [5.41, 5.74) is 1.43. The highest BCUT2D eigenvalue weighted by atomic mass is 16.6. The molecule has 1 unspecified atom stereocenters. The van der Waals surface area contributed by atoms with Crippen molar-refractivity contribution in [2.45, 2.75) is 39.3 Å². The lowest BCUT2D eigenvalue weighted by atomic mass is 10.0. The molecule has 1 aromatic carbocycles. The van der Waals surface area contributed by atoms with Gasteiger partial charge in [0.15, 0.2) is 0 Å². The number of carbonyl (C=O) groups excluding carboxylic acids is 1. The Morgan fingerprint density at radius 2 is 1.93 bits per heavy atom. The van der Waals surface area contributed by atoms with E-state index in [0.29, 0.717) is 31.7 Å². The van der Waals surface area contributed by atoms with E-state index < -0.39 is 11.6 Å². The van der Waals surface area contributed by atoms with E-state index in [1.54, 1.807) is 11.0 Å². The lowest BCUT2D eigenvalue weighted by molar-refractivity contribution is 0.0124. The van der Waals surface area contributed by atoms with Crippen LogP contribution in [0.15, 0.2) is 29.1 Å². The summed E-state index contributed by atoms with van der Waals surface area (Å²) >= 11 is 0. The Kier molecular flexibility index (Phi) is 5.43. The zero-order chi connectivity index (χ0) is 20.5. The van der Waals surface area contributed by atoms with Crippen LogP contribution in [0.25, 0.3) is 10.9 Å².